The molecule has 150 valence electrons. The Bertz CT molecular complexity index is 928. The van der Waals surface area contributed by atoms with Gasteiger partial charge in [0.05, 0.1) is 5.69 Å². The van der Waals surface area contributed by atoms with E-state index in [0.717, 1.165) is 19.5 Å². The maximum Gasteiger partial charge on any atom is 0.288 e. The van der Waals surface area contributed by atoms with Crippen LogP contribution in [0.4, 0.5) is 5.69 Å². The molecule has 0 unspecified atom stereocenters. The molecule has 7 nitrogen and oxygen atoms in total. The van der Waals surface area contributed by atoms with E-state index in [9.17, 15) is 9.59 Å². The summed E-state index contributed by atoms with van der Waals surface area (Å²) in [5.41, 5.74) is 6.29. The molecule has 2 N–H and O–H groups in total. The molecule has 0 bridgehead atoms. The molecule has 0 saturated carbocycles. The molecule has 0 aromatic heterocycles. The summed E-state index contributed by atoms with van der Waals surface area (Å²) in [6.07, 6.45) is 1.02. The Morgan fingerprint density at radius 3 is 2.66 bits per heavy atom. The highest BCUT2D eigenvalue weighted by atomic mass is 16.2. The van der Waals surface area contributed by atoms with Gasteiger partial charge >= 0.3 is 0 Å². The predicted molar refractivity (Wildman–Crippen MR) is 112 cm³/mol. The number of fused-ring (bicyclic) bond motifs is 1. The van der Waals surface area contributed by atoms with Crippen LogP contribution in [0.3, 0.4) is 0 Å². The van der Waals surface area contributed by atoms with Crippen molar-refractivity contribution in [3.63, 3.8) is 0 Å². The molecular formula is C22H25N5O2. The number of hydrogen-bond donors (Lipinski definition) is 2. The zero-order valence-corrected chi connectivity index (χ0v) is 16.5. The largest absolute Gasteiger partial charge is 0.348 e. The lowest BCUT2D eigenvalue weighted by molar-refractivity contribution is -0.118. The van der Waals surface area contributed by atoms with E-state index in [1.165, 1.54) is 16.1 Å². The molecule has 2 amide bonds. The summed E-state index contributed by atoms with van der Waals surface area (Å²) in [4.78, 5) is 31.2. The van der Waals surface area contributed by atoms with E-state index in [1.807, 2.05) is 30.3 Å². The number of hydrazine groups is 1. The average Bonchev–Trinajstić information content (AvgIpc) is 2.77. The van der Waals surface area contributed by atoms with Crippen LogP contribution in [-0.2, 0) is 22.6 Å². The maximum absolute atomic E-state index is 12.6. The summed E-state index contributed by atoms with van der Waals surface area (Å²) < 4.78 is 0. The molecule has 7 heteroatoms. The third-order valence-corrected chi connectivity index (χ3v) is 5.41. The second kappa shape index (κ2) is 8.45. The third kappa shape index (κ3) is 4.30. The Labute approximate surface area is 170 Å². The first-order valence-electron chi connectivity index (χ1n) is 9.90. The Balaban J connectivity index is 1.33. The Morgan fingerprint density at radius 1 is 1.14 bits per heavy atom. The van der Waals surface area contributed by atoms with Gasteiger partial charge in [-0.1, -0.05) is 42.5 Å². The van der Waals surface area contributed by atoms with Crippen molar-refractivity contribution in [3.8, 4) is 0 Å². The van der Waals surface area contributed by atoms with Crippen molar-refractivity contribution in [1.29, 1.82) is 0 Å². The number of amidine groups is 1. The van der Waals surface area contributed by atoms with Gasteiger partial charge in [-0.05, 0) is 36.6 Å². The number of anilines is 1. The molecule has 1 atom stereocenters. The van der Waals surface area contributed by atoms with Crippen molar-refractivity contribution < 1.29 is 9.59 Å². The number of nitrogens with one attached hydrogen (secondary N) is 2. The number of nitrogens with zero attached hydrogens (tertiary/aromatic N) is 3. The van der Waals surface area contributed by atoms with Gasteiger partial charge in [0.1, 0.15) is 6.54 Å². The normalized spacial score (nSPS) is 17.8. The van der Waals surface area contributed by atoms with Gasteiger partial charge in [0.15, 0.2) is 0 Å². The van der Waals surface area contributed by atoms with Crippen LogP contribution in [-0.4, -0.2) is 48.2 Å². The van der Waals surface area contributed by atoms with E-state index in [4.69, 9.17) is 0 Å². The molecule has 0 fully saturated rings. The zero-order chi connectivity index (χ0) is 20.2. The summed E-state index contributed by atoms with van der Waals surface area (Å²) in [5.74, 6) is -0.347. The smallest absolute Gasteiger partial charge is 0.288 e. The first-order valence-corrected chi connectivity index (χ1v) is 9.90. The van der Waals surface area contributed by atoms with E-state index < -0.39 is 0 Å². The first-order chi connectivity index (χ1) is 14.1. The van der Waals surface area contributed by atoms with Crippen LogP contribution >= 0.6 is 0 Å². The Morgan fingerprint density at radius 2 is 1.86 bits per heavy atom. The molecule has 0 radical (unpaired) electrons. The predicted octanol–water partition coefficient (Wildman–Crippen LogP) is 1.50. The monoisotopic (exact) mass is 391 g/mol. The molecule has 0 spiro atoms. The number of aliphatic imine (C=N–C) groups is 1. The summed E-state index contributed by atoms with van der Waals surface area (Å²) in [7, 11) is 0. The number of carbonyl (C=O) groups excluding carboxylic acids is 2. The van der Waals surface area contributed by atoms with E-state index in [2.05, 4.69) is 51.8 Å². The SMILES string of the molecule is C[C@@H](CNC(=O)C1=NCC(=O)N(c2ccccc2)N1)N1CCc2ccccc2C1. The van der Waals surface area contributed by atoms with Crippen LogP contribution < -0.4 is 15.8 Å². The molecular weight excluding hydrogens is 366 g/mol. The third-order valence-electron chi connectivity index (χ3n) is 5.41. The van der Waals surface area contributed by atoms with Crippen LogP contribution in [0.2, 0.25) is 0 Å². The standard InChI is InChI=1S/C22H25N5O2/c1-16(26-12-11-17-7-5-6-8-18(17)15-26)13-24-22(29)21-23-14-20(28)27(25-21)19-9-3-2-4-10-19/h2-10,16H,11-15H2,1H3,(H,23,25)(H,24,29)/t16-/m0/s1. The van der Waals surface area contributed by atoms with Crippen LogP contribution in [0, 0.1) is 0 Å². The second-order valence-electron chi connectivity index (χ2n) is 7.39. The minimum atomic E-state index is -0.303. The van der Waals surface area contributed by atoms with Crippen LogP contribution in [0.1, 0.15) is 18.1 Å². The lowest BCUT2D eigenvalue weighted by Gasteiger charge is -2.34. The molecule has 2 aromatic rings. The summed E-state index contributed by atoms with van der Waals surface area (Å²) in [6, 6.07) is 17.9. The molecule has 2 heterocycles. The fourth-order valence-electron chi connectivity index (χ4n) is 3.68. The summed E-state index contributed by atoms with van der Waals surface area (Å²) in [5, 5.41) is 4.32. The van der Waals surface area contributed by atoms with Gasteiger partial charge in [0.2, 0.25) is 5.84 Å². The summed E-state index contributed by atoms with van der Waals surface area (Å²) >= 11 is 0. The van der Waals surface area contributed by atoms with Crippen LogP contribution in [0.15, 0.2) is 59.6 Å². The molecule has 4 rings (SSSR count). The van der Waals surface area contributed by atoms with Crippen molar-refractivity contribution in [3.05, 3.63) is 65.7 Å². The van der Waals surface area contributed by atoms with Crippen LogP contribution in [0.25, 0.3) is 0 Å². The molecule has 0 saturated heterocycles. The van der Waals surface area contributed by atoms with Gasteiger partial charge in [0.25, 0.3) is 11.8 Å². The summed E-state index contributed by atoms with van der Waals surface area (Å²) in [6.45, 7) is 4.44. The van der Waals surface area contributed by atoms with E-state index in [1.54, 1.807) is 0 Å². The number of amides is 2. The van der Waals surface area contributed by atoms with Crippen molar-refractivity contribution in [2.45, 2.75) is 25.9 Å². The Hall–Kier alpha value is -3.19. The maximum atomic E-state index is 12.6. The van der Waals surface area contributed by atoms with Gasteiger partial charge in [-0.3, -0.25) is 24.9 Å². The van der Waals surface area contributed by atoms with Crippen molar-refractivity contribution in [2.24, 2.45) is 4.99 Å². The average molecular weight is 391 g/mol. The fourth-order valence-corrected chi connectivity index (χ4v) is 3.68. The molecule has 2 aromatic carbocycles. The van der Waals surface area contributed by atoms with Gasteiger partial charge in [-0.15, -0.1) is 0 Å². The Kier molecular flexibility index (Phi) is 5.57. The van der Waals surface area contributed by atoms with Crippen molar-refractivity contribution >= 4 is 23.3 Å². The number of benzene rings is 2. The molecule has 2 aliphatic heterocycles. The van der Waals surface area contributed by atoms with Gasteiger partial charge in [-0.2, -0.15) is 0 Å². The topological polar surface area (TPSA) is 77.0 Å². The lowest BCUT2D eigenvalue weighted by atomic mass is 9.99. The highest BCUT2D eigenvalue weighted by Gasteiger charge is 2.26. The van der Waals surface area contributed by atoms with Gasteiger partial charge in [-0.25, -0.2) is 5.01 Å². The minimum Gasteiger partial charge on any atom is -0.348 e. The number of para-hydroxylation sites is 1. The van der Waals surface area contributed by atoms with E-state index >= 15 is 0 Å². The first kappa shape index (κ1) is 19.1. The minimum absolute atomic E-state index is 0.0525. The number of carbonyl (C=O) groups is 2. The number of rotatable bonds is 5. The van der Waals surface area contributed by atoms with Crippen molar-refractivity contribution in [1.82, 2.24) is 15.6 Å². The van der Waals surface area contributed by atoms with Gasteiger partial charge < -0.3 is 5.32 Å². The second-order valence-corrected chi connectivity index (χ2v) is 7.39. The zero-order valence-electron chi connectivity index (χ0n) is 16.5. The molecule has 0 aliphatic carbocycles. The highest BCUT2D eigenvalue weighted by molar-refractivity contribution is 6.39. The highest BCUT2D eigenvalue weighted by Crippen LogP contribution is 2.20. The quantitative estimate of drug-likeness (QED) is 0.810. The van der Waals surface area contributed by atoms with E-state index in [0.29, 0.717) is 12.2 Å². The fraction of sp³-hybridized carbons (Fsp3) is 0.318. The van der Waals surface area contributed by atoms with E-state index in [-0.39, 0.29) is 30.2 Å². The lowest BCUT2D eigenvalue weighted by Crippen LogP contribution is -2.56. The van der Waals surface area contributed by atoms with Crippen molar-refractivity contribution in [2.75, 3.05) is 24.6 Å². The molecule has 2 aliphatic rings. The van der Waals surface area contributed by atoms with Gasteiger partial charge in [0, 0.05) is 25.7 Å². The molecule has 29 heavy (non-hydrogen) atoms. The van der Waals surface area contributed by atoms with Crippen LogP contribution in [0.5, 0.6) is 0 Å². The number of hydrogen-bond acceptors (Lipinski definition) is 5.